The number of benzene rings is 2. The molecule has 1 amide bonds. The topological polar surface area (TPSA) is 75.7 Å². The fraction of sp³-hybridized carbons (Fsp3) is 0.316. The molecule has 29 heavy (non-hydrogen) atoms. The van der Waals surface area contributed by atoms with E-state index >= 15 is 0 Å². The number of hydrogen-bond donors (Lipinski definition) is 1. The van der Waals surface area contributed by atoms with Crippen LogP contribution in [0.3, 0.4) is 0 Å². The molecule has 10 heteroatoms. The SMILES string of the molecule is Cc1cc(C)c(NC(=O)CN(C)S(=O)(=O)c2ccc(OC(F)(F)F)cc2)c(C)c1. The number of carbonyl (C=O) groups is 1. The molecule has 2 rings (SSSR count). The van der Waals surface area contributed by atoms with Gasteiger partial charge >= 0.3 is 6.36 Å². The molecule has 2 aromatic rings. The van der Waals surface area contributed by atoms with Crippen LogP contribution in [0.4, 0.5) is 18.9 Å². The summed E-state index contributed by atoms with van der Waals surface area (Å²) in [7, 11) is -2.87. The van der Waals surface area contributed by atoms with E-state index in [1.165, 1.54) is 7.05 Å². The van der Waals surface area contributed by atoms with Gasteiger partial charge in [0, 0.05) is 12.7 Å². The molecule has 0 aliphatic rings. The molecule has 0 saturated carbocycles. The minimum atomic E-state index is -4.87. The van der Waals surface area contributed by atoms with Crippen molar-refractivity contribution in [2.75, 3.05) is 18.9 Å². The third-order valence-corrected chi connectivity index (χ3v) is 5.89. The van der Waals surface area contributed by atoms with Crippen LogP contribution in [0.25, 0.3) is 0 Å². The van der Waals surface area contributed by atoms with E-state index in [9.17, 15) is 26.4 Å². The van der Waals surface area contributed by atoms with Crippen LogP contribution in [-0.2, 0) is 14.8 Å². The maximum Gasteiger partial charge on any atom is 0.573 e. The van der Waals surface area contributed by atoms with Crippen LogP contribution in [0.15, 0.2) is 41.3 Å². The number of sulfonamides is 1. The molecule has 0 atom stereocenters. The van der Waals surface area contributed by atoms with Crippen LogP contribution in [0, 0.1) is 20.8 Å². The number of nitrogens with zero attached hydrogens (tertiary/aromatic N) is 1. The standard InChI is InChI=1S/C19H21F3N2O4S/c1-12-9-13(2)18(14(3)10-12)23-17(25)11-24(4)29(26,27)16-7-5-15(6-8-16)28-19(20,21)22/h5-10H,11H2,1-4H3,(H,23,25). The predicted molar refractivity (Wildman–Crippen MR) is 102 cm³/mol. The maximum atomic E-state index is 12.6. The Labute approximate surface area is 167 Å². The molecule has 0 aromatic heterocycles. The fourth-order valence-electron chi connectivity index (χ4n) is 2.84. The lowest BCUT2D eigenvalue weighted by molar-refractivity contribution is -0.274. The van der Waals surface area contributed by atoms with E-state index < -0.39 is 34.6 Å². The summed E-state index contributed by atoms with van der Waals surface area (Å²) in [4.78, 5) is 12.1. The predicted octanol–water partition coefficient (Wildman–Crippen LogP) is 3.77. The van der Waals surface area contributed by atoms with E-state index in [2.05, 4.69) is 10.1 Å². The van der Waals surface area contributed by atoms with Crippen molar-refractivity contribution in [3.63, 3.8) is 0 Å². The van der Waals surface area contributed by atoms with Crippen molar-refractivity contribution < 1.29 is 31.1 Å². The van der Waals surface area contributed by atoms with Gasteiger partial charge in [0.2, 0.25) is 15.9 Å². The quantitative estimate of drug-likeness (QED) is 0.757. The van der Waals surface area contributed by atoms with Crippen LogP contribution in [0.5, 0.6) is 5.75 Å². The van der Waals surface area contributed by atoms with Crippen molar-refractivity contribution in [1.82, 2.24) is 4.31 Å². The molecule has 0 fully saturated rings. The van der Waals surface area contributed by atoms with Crippen molar-refractivity contribution in [3.05, 3.63) is 53.1 Å². The lowest BCUT2D eigenvalue weighted by atomic mass is 10.1. The van der Waals surface area contributed by atoms with Crippen LogP contribution >= 0.6 is 0 Å². The summed E-state index contributed by atoms with van der Waals surface area (Å²) in [5, 5.41) is 2.70. The molecule has 0 bridgehead atoms. The number of hydrogen-bond acceptors (Lipinski definition) is 4. The van der Waals surface area contributed by atoms with Gasteiger partial charge in [-0.05, 0) is 56.2 Å². The zero-order chi connectivity index (χ0) is 22.0. The van der Waals surface area contributed by atoms with Crippen molar-refractivity contribution in [2.45, 2.75) is 32.0 Å². The number of likely N-dealkylation sites (N-methyl/N-ethyl adjacent to an activating group) is 1. The zero-order valence-electron chi connectivity index (χ0n) is 16.3. The van der Waals surface area contributed by atoms with Crippen LogP contribution < -0.4 is 10.1 Å². The first-order chi connectivity index (χ1) is 13.3. The summed E-state index contributed by atoms with van der Waals surface area (Å²) in [6, 6.07) is 7.56. The van der Waals surface area contributed by atoms with E-state index in [4.69, 9.17) is 0 Å². The van der Waals surface area contributed by atoms with Crippen LogP contribution in [0.1, 0.15) is 16.7 Å². The molecule has 0 unspecified atom stereocenters. The molecule has 6 nitrogen and oxygen atoms in total. The fourth-order valence-corrected chi connectivity index (χ4v) is 3.96. The number of halogens is 3. The minimum absolute atomic E-state index is 0.259. The smallest absolute Gasteiger partial charge is 0.406 e. The van der Waals surface area contributed by atoms with Gasteiger partial charge in [-0.15, -0.1) is 13.2 Å². The summed E-state index contributed by atoms with van der Waals surface area (Å²) in [6.45, 7) is 5.13. The van der Waals surface area contributed by atoms with Gasteiger partial charge < -0.3 is 10.1 Å². The maximum absolute atomic E-state index is 12.6. The first kappa shape index (κ1) is 22.7. The van der Waals surface area contributed by atoms with Gasteiger partial charge in [0.25, 0.3) is 0 Å². The number of nitrogens with one attached hydrogen (secondary N) is 1. The minimum Gasteiger partial charge on any atom is -0.406 e. The highest BCUT2D eigenvalue weighted by molar-refractivity contribution is 7.89. The van der Waals surface area contributed by atoms with E-state index in [0.717, 1.165) is 45.3 Å². The van der Waals surface area contributed by atoms with E-state index in [0.29, 0.717) is 5.69 Å². The summed E-state index contributed by atoms with van der Waals surface area (Å²) < 4.78 is 66.3. The Morgan fingerprint density at radius 1 is 1.07 bits per heavy atom. The highest BCUT2D eigenvalue weighted by Crippen LogP contribution is 2.25. The molecule has 0 aliphatic heterocycles. The van der Waals surface area contributed by atoms with Gasteiger partial charge in [0.05, 0.1) is 11.4 Å². The Morgan fingerprint density at radius 2 is 1.59 bits per heavy atom. The van der Waals surface area contributed by atoms with E-state index in [1.807, 2.05) is 32.9 Å². The number of alkyl halides is 3. The number of rotatable bonds is 6. The van der Waals surface area contributed by atoms with Gasteiger partial charge in [-0.3, -0.25) is 4.79 Å². The molecule has 0 radical (unpaired) electrons. The summed E-state index contributed by atoms with van der Waals surface area (Å²) in [6.07, 6.45) is -4.87. The van der Waals surface area contributed by atoms with Crippen LogP contribution in [0.2, 0.25) is 0 Å². The molecular formula is C19H21F3N2O4S. The van der Waals surface area contributed by atoms with Crippen molar-refractivity contribution in [3.8, 4) is 5.75 Å². The largest absolute Gasteiger partial charge is 0.573 e. The lowest BCUT2D eigenvalue weighted by Gasteiger charge is -2.18. The first-order valence-electron chi connectivity index (χ1n) is 8.49. The van der Waals surface area contributed by atoms with E-state index in [-0.39, 0.29) is 4.90 Å². The zero-order valence-corrected chi connectivity index (χ0v) is 17.1. The Bertz CT molecular complexity index is 980. The van der Waals surface area contributed by atoms with Crippen molar-refractivity contribution >= 4 is 21.6 Å². The third-order valence-electron chi connectivity index (χ3n) is 4.07. The Morgan fingerprint density at radius 3 is 2.07 bits per heavy atom. The normalized spacial score (nSPS) is 12.1. The summed E-state index contributed by atoms with van der Waals surface area (Å²) in [5.41, 5.74) is 3.35. The Kier molecular flexibility index (Phi) is 6.59. The average Bonchev–Trinajstić information content (AvgIpc) is 2.57. The Balaban J connectivity index is 2.11. The van der Waals surface area contributed by atoms with Crippen molar-refractivity contribution in [1.29, 1.82) is 0 Å². The summed E-state index contributed by atoms with van der Waals surface area (Å²) >= 11 is 0. The number of ether oxygens (including phenoxy) is 1. The number of carbonyl (C=O) groups excluding carboxylic acids is 1. The van der Waals surface area contributed by atoms with Gasteiger partial charge in [-0.2, -0.15) is 4.31 Å². The molecular weight excluding hydrogens is 409 g/mol. The number of anilines is 1. The Hall–Kier alpha value is -2.59. The van der Waals surface area contributed by atoms with Gasteiger partial charge in [-0.1, -0.05) is 17.7 Å². The van der Waals surface area contributed by atoms with Gasteiger partial charge in [0.1, 0.15) is 5.75 Å². The highest BCUT2D eigenvalue weighted by atomic mass is 32.2. The summed E-state index contributed by atoms with van der Waals surface area (Å²) in [5.74, 6) is -1.08. The lowest BCUT2D eigenvalue weighted by Crippen LogP contribution is -2.35. The third kappa shape index (κ3) is 5.94. The molecule has 0 heterocycles. The van der Waals surface area contributed by atoms with Crippen LogP contribution in [-0.4, -0.2) is 38.6 Å². The molecule has 0 saturated heterocycles. The molecule has 0 aliphatic carbocycles. The monoisotopic (exact) mass is 430 g/mol. The number of amides is 1. The molecule has 1 N–H and O–H groups in total. The molecule has 2 aromatic carbocycles. The van der Waals surface area contributed by atoms with Crippen molar-refractivity contribution in [2.24, 2.45) is 0 Å². The van der Waals surface area contributed by atoms with Gasteiger partial charge in [-0.25, -0.2) is 8.42 Å². The molecule has 158 valence electrons. The molecule has 0 spiro atoms. The second kappa shape index (κ2) is 8.42. The second-order valence-corrected chi connectivity index (χ2v) is 8.65. The first-order valence-corrected chi connectivity index (χ1v) is 9.93. The highest BCUT2D eigenvalue weighted by Gasteiger charge is 2.31. The average molecular weight is 430 g/mol. The number of aryl methyl sites for hydroxylation is 3. The van der Waals surface area contributed by atoms with E-state index in [1.54, 1.807) is 0 Å². The second-order valence-electron chi connectivity index (χ2n) is 6.60. The van der Waals surface area contributed by atoms with Gasteiger partial charge in [0.15, 0.2) is 0 Å².